The zero-order valence-electron chi connectivity index (χ0n) is 15.7. The van der Waals surface area contributed by atoms with Crippen molar-refractivity contribution in [2.24, 2.45) is 0 Å². The Hall–Kier alpha value is -1.96. The molecule has 1 aliphatic heterocycles. The summed E-state index contributed by atoms with van der Waals surface area (Å²) in [6, 6.07) is 13.0. The van der Waals surface area contributed by atoms with Gasteiger partial charge in [-0.05, 0) is 53.7 Å². The van der Waals surface area contributed by atoms with Crippen LogP contribution in [0.4, 0.5) is 5.69 Å². The topological polar surface area (TPSA) is 53.6 Å². The van der Waals surface area contributed by atoms with Gasteiger partial charge in [-0.3, -0.25) is 15.0 Å². The van der Waals surface area contributed by atoms with Gasteiger partial charge in [-0.25, -0.2) is 0 Å². The van der Waals surface area contributed by atoms with E-state index < -0.39 is 0 Å². The minimum atomic E-state index is -0.350. The molecule has 1 fully saturated rings. The van der Waals surface area contributed by atoms with E-state index in [1.54, 1.807) is 24.3 Å². The number of amides is 1. The highest BCUT2D eigenvalue weighted by atomic mass is 35.5. The first-order valence-electron chi connectivity index (χ1n) is 9.14. The molecule has 0 spiro atoms. The minimum absolute atomic E-state index is 0.225. The van der Waals surface area contributed by atoms with E-state index in [1.165, 1.54) is 11.6 Å². The van der Waals surface area contributed by atoms with Gasteiger partial charge in [0.1, 0.15) is 0 Å². The molecule has 152 valence electrons. The number of anilines is 1. The summed E-state index contributed by atoms with van der Waals surface area (Å²) in [5.74, 6) is -0.350. The molecule has 1 heterocycles. The molecule has 3 rings (SSSR count). The summed E-state index contributed by atoms with van der Waals surface area (Å²) in [7, 11) is 0. The van der Waals surface area contributed by atoms with Gasteiger partial charge in [0.2, 0.25) is 5.91 Å². The SMILES string of the molecule is O=C(/C=C/c1ccc(Cl)cc1Cl)NC(=S)Nc1ccc(CN2CCOCC2)cc1. The highest BCUT2D eigenvalue weighted by molar-refractivity contribution is 7.80. The summed E-state index contributed by atoms with van der Waals surface area (Å²) in [5.41, 5.74) is 2.72. The van der Waals surface area contributed by atoms with Crippen LogP contribution in [0.25, 0.3) is 6.08 Å². The zero-order valence-corrected chi connectivity index (χ0v) is 18.0. The Bertz CT molecular complexity index is 897. The largest absolute Gasteiger partial charge is 0.379 e. The molecule has 1 aliphatic rings. The van der Waals surface area contributed by atoms with Gasteiger partial charge < -0.3 is 10.1 Å². The molecule has 0 atom stereocenters. The average molecular weight is 450 g/mol. The summed E-state index contributed by atoms with van der Waals surface area (Å²) in [6.45, 7) is 4.36. The fourth-order valence-electron chi connectivity index (χ4n) is 2.83. The minimum Gasteiger partial charge on any atom is -0.379 e. The highest BCUT2D eigenvalue weighted by Gasteiger charge is 2.10. The Morgan fingerprint density at radius 3 is 2.55 bits per heavy atom. The summed E-state index contributed by atoms with van der Waals surface area (Å²) in [6.07, 6.45) is 2.98. The molecule has 1 amide bonds. The lowest BCUT2D eigenvalue weighted by Gasteiger charge is -2.26. The average Bonchev–Trinajstić information content (AvgIpc) is 2.69. The number of nitrogens with one attached hydrogen (secondary N) is 2. The van der Waals surface area contributed by atoms with E-state index in [-0.39, 0.29) is 11.0 Å². The molecule has 0 saturated carbocycles. The van der Waals surface area contributed by atoms with E-state index in [0.717, 1.165) is 38.5 Å². The van der Waals surface area contributed by atoms with Crippen molar-refractivity contribution in [3.8, 4) is 0 Å². The monoisotopic (exact) mass is 449 g/mol. The molecule has 0 aromatic heterocycles. The molecule has 0 unspecified atom stereocenters. The van der Waals surface area contributed by atoms with Crippen LogP contribution < -0.4 is 10.6 Å². The molecule has 0 aliphatic carbocycles. The van der Waals surface area contributed by atoms with Crippen LogP contribution in [0, 0.1) is 0 Å². The quantitative estimate of drug-likeness (QED) is 0.524. The van der Waals surface area contributed by atoms with E-state index in [4.69, 9.17) is 40.2 Å². The second kappa shape index (κ2) is 10.7. The smallest absolute Gasteiger partial charge is 0.250 e. The third-order valence-corrected chi connectivity index (χ3v) is 5.10. The van der Waals surface area contributed by atoms with Crippen molar-refractivity contribution >= 4 is 58.2 Å². The van der Waals surface area contributed by atoms with E-state index in [1.807, 2.05) is 24.3 Å². The molecule has 2 aromatic carbocycles. The Morgan fingerprint density at radius 2 is 1.86 bits per heavy atom. The van der Waals surface area contributed by atoms with Crippen LogP contribution in [0.2, 0.25) is 10.0 Å². The van der Waals surface area contributed by atoms with Gasteiger partial charge in [0.15, 0.2) is 5.11 Å². The fourth-order valence-corrected chi connectivity index (χ4v) is 3.52. The van der Waals surface area contributed by atoms with Gasteiger partial charge in [0.25, 0.3) is 0 Å². The summed E-state index contributed by atoms with van der Waals surface area (Å²) in [5, 5.41) is 6.86. The molecular weight excluding hydrogens is 429 g/mol. The molecular formula is C21H21Cl2N3O2S. The lowest BCUT2D eigenvalue weighted by Crippen LogP contribution is -2.35. The molecule has 1 saturated heterocycles. The van der Waals surface area contributed by atoms with Crippen LogP contribution in [0.1, 0.15) is 11.1 Å². The predicted molar refractivity (Wildman–Crippen MR) is 122 cm³/mol. The van der Waals surface area contributed by atoms with Gasteiger partial charge in [0.05, 0.1) is 13.2 Å². The van der Waals surface area contributed by atoms with Crippen LogP contribution in [-0.4, -0.2) is 42.2 Å². The Balaban J connectivity index is 1.48. The normalized spacial score (nSPS) is 14.7. The van der Waals surface area contributed by atoms with Crippen molar-refractivity contribution < 1.29 is 9.53 Å². The van der Waals surface area contributed by atoms with E-state index >= 15 is 0 Å². The van der Waals surface area contributed by atoms with Gasteiger partial charge in [-0.15, -0.1) is 0 Å². The number of hydrogen-bond donors (Lipinski definition) is 2. The Morgan fingerprint density at radius 1 is 1.14 bits per heavy atom. The number of rotatable bonds is 5. The number of morpholine rings is 1. The third-order valence-electron chi connectivity index (χ3n) is 4.34. The maximum absolute atomic E-state index is 12.1. The van der Waals surface area contributed by atoms with Gasteiger partial charge in [0, 0.05) is 41.4 Å². The van der Waals surface area contributed by atoms with Crippen molar-refractivity contribution in [3.05, 3.63) is 69.7 Å². The zero-order chi connectivity index (χ0) is 20.6. The number of halogens is 2. The summed E-state index contributed by atoms with van der Waals surface area (Å²) in [4.78, 5) is 14.4. The summed E-state index contributed by atoms with van der Waals surface area (Å²) >= 11 is 17.2. The first-order chi connectivity index (χ1) is 14.0. The van der Waals surface area contributed by atoms with Crippen LogP contribution in [0.15, 0.2) is 48.5 Å². The van der Waals surface area contributed by atoms with Crippen molar-refractivity contribution in [1.82, 2.24) is 10.2 Å². The van der Waals surface area contributed by atoms with Gasteiger partial charge in [-0.2, -0.15) is 0 Å². The standard InChI is InChI=1S/C21H21Cl2N3O2S/c22-17-5-3-16(19(23)13-17)4-8-20(27)25-21(29)24-18-6-1-15(2-7-18)14-26-9-11-28-12-10-26/h1-8,13H,9-12,14H2,(H2,24,25,27,29)/b8-4+. The number of carbonyl (C=O) groups excluding carboxylic acids is 1. The second-order valence-electron chi connectivity index (χ2n) is 6.53. The van der Waals surface area contributed by atoms with Crippen LogP contribution in [0.5, 0.6) is 0 Å². The van der Waals surface area contributed by atoms with Crippen LogP contribution in [-0.2, 0) is 16.1 Å². The summed E-state index contributed by atoms with van der Waals surface area (Å²) < 4.78 is 5.37. The molecule has 0 radical (unpaired) electrons. The van der Waals surface area contributed by atoms with E-state index in [0.29, 0.717) is 15.6 Å². The van der Waals surface area contributed by atoms with Crippen LogP contribution in [0.3, 0.4) is 0 Å². The number of hydrogen-bond acceptors (Lipinski definition) is 4. The Kier molecular flexibility index (Phi) is 8.03. The van der Waals surface area contributed by atoms with E-state index in [9.17, 15) is 4.79 Å². The number of ether oxygens (including phenoxy) is 1. The first kappa shape index (κ1) is 21.7. The van der Waals surface area contributed by atoms with Crippen molar-refractivity contribution in [1.29, 1.82) is 0 Å². The maximum Gasteiger partial charge on any atom is 0.250 e. The Labute approximate surface area is 185 Å². The first-order valence-corrected chi connectivity index (χ1v) is 10.3. The fraction of sp³-hybridized carbons (Fsp3) is 0.238. The highest BCUT2D eigenvalue weighted by Crippen LogP contribution is 2.21. The molecule has 2 aromatic rings. The number of thiocarbonyl (C=S) groups is 1. The van der Waals surface area contributed by atoms with Crippen molar-refractivity contribution in [3.63, 3.8) is 0 Å². The number of carbonyl (C=O) groups is 1. The predicted octanol–water partition coefficient (Wildman–Crippen LogP) is 4.35. The van der Waals surface area contributed by atoms with Crippen LogP contribution >= 0.6 is 35.4 Å². The molecule has 5 nitrogen and oxygen atoms in total. The van der Waals surface area contributed by atoms with Gasteiger partial charge >= 0.3 is 0 Å². The van der Waals surface area contributed by atoms with Crippen molar-refractivity contribution in [2.75, 3.05) is 31.6 Å². The lowest BCUT2D eigenvalue weighted by molar-refractivity contribution is -0.115. The number of benzene rings is 2. The second-order valence-corrected chi connectivity index (χ2v) is 7.78. The molecule has 0 bridgehead atoms. The van der Waals surface area contributed by atoms with Crippen molar-refractivity contribution in [2.45, 2.75) is 6.54 Å². The molecule has 2 N–H and O–H groups in total. The maximum atomic E-state index is 12.1. The third kappa shape index (κ3) is 7.10. The van der Waals surface area contributed by atoms with Gasteiger partial charge in [-0.1, -0.05) is 41.4 Å². The molecule has 29 heavy (non-hydrogen) atoms. The number of nitrogens with zero attached hydrogens (tertiary/aromatic N) is 1. The van der Waals surface area contributed by atoms with E-state index in [2.05, 4.69) is 15.5 Å². The molecule has 8 heteroatoms. The lowest BCUT2D eigenvalue weighted by atomic mass is 10.2.